The second-order valence-corrected chi connectivity index (χ2v) is 7.53. The van der Waals surface area contributed by atoms with Crippen molar-refractivity contribution in [3.05, 3.63) is 89.0 Å². The molecule has 4 rings (SSSR count). The molecule has 0 aromatic heterocycles. The third-order valence-corrected chi connectivity index (χ3v) is 5.51. The molecule has 0 amide bonds. The molecule has 1 heterocycles. The highest BCUT2D eigenvalue weighted by atomic mass is 16.5. The van der Waals surface area contributed by atoms with E-state index in [1.165, 1.54) is 5.56 Å². The fourth-order valence-corrected chi connectivity index (χ4v) is 3.95. The first-order valence-electron chi connectivity index (χ1n) is 9.92. The number of methoxy groups -OCH3 is 3. The topological polar surface area (TPSA) is 36.9 Å². The maximum absolute atomic E-state index is 6.66. The van der Waals surface area contributed by atoms with Crippen LogP contribution in [0.1, 0.15) is 29.2 Å². The van der Waals surface area contributed by atoms with Crippen molar-refractivity contribution in [3.8, 4) is 17.2 Å². The summed E-state index contributed by atoms with van der Waals surface area (Å²) >= 11 is 0. The molecule has 0 saturated heterocycles. The molecule has 0 radical (unpaired) electrons. The van der Waals surface area contributed by atoms with E-state index in [-0.39, 0.29) is 0 Å². The normalized spacial score (nSPS) is 17.4. The molecule has 1 aliphatic rings. The minimum atomic E-state index is -0.569. The molecular formula is C26H26O4. The minimum Gasteiger partial charge on any atom is -0.497 e. The lowest BCUT2D eigenvalue weighted by molar-refractivity contribution is 0.0528. The predicted octanol–water partition coefficient (Wildman–Crippen LogP) is 5.70. The zero-order chi connectivity index (χ0) is 21.1. The maximum Gasteiger partial charge on any atom is 0.161 e. The van der Waals surface area contributed by atoms with Gasteiger partial charge in [0.1, 0.15) is 17.1 Å². The van der Waals surface area contributed by atoms with Crippen LogP contribution in [0.5, 0.6) is 17.2 Å². The Morgan fingerprint density at radius 3 is 2.10 bits per heavy atom. The van der Waals surface area contributed by atoms with E-state index in [1.807, 2.05) is 42.5 Å². The zero-order valence-corrected chi connectivity index (χ0v) is 17.8. The largest absolute Gasteiger partial charge is 0.497 e. The highest BCUT2D eigenvalue weighted by molar-refractivity contribution is 5.82. The Hall–Kier alpha value is -3.40. The monoisotopic (exact) mass is 402 g/mol. The number of benzene rings is 3. The van der Waals surface area contributed by atoms with E-state index in [0.29, 0.717) is 11.5 Å². The average molecular weight is 402 g/mol. The molecule has 1 aliphatic heterocycles. The summed E-state index contributed by atoms with van der Waals surface area (Å²) in [6.45, 7) is 2.13. The van der Waals surface area contributed by atoms with Crippen molar-refractivity contribution in [3.63, 3.8) is 0 Å². The van der Waals surface area contributed by atoms with Crippen LogP contribution < -0.4 is 14.2 Å². The van der Waals surface area contributed by atoms with E-state index in [0.717, 1.165) is 34.6 Å². The summed E-state index contributed by atoms with van der Waals surface area (Å²) in [6, 6.07) is 22.3. The van der Waals surface area contributed by atoms with Crippen molar-refractivity contribution in [2.24, 2.45) is 0 Å². The van der Waals surface area contributed by atoms with E-state index in [4.69, 9.17) is 18.9 Å². The Labute approximate surface area is 177 Å². The second-order valence-electron chi connectivity index (χ2n) is 7.53. The summed E-state index contributed by atoms with van der Waals surface area (Å²) < 4.78 is 23.1. The van der Waals surface area contributed by atoms with Crippen molar-refractivity contribution in [1.29, 1.82) is 0 Å². The van der Waals surface area contributed by atoms with E-state index in [1.54, 1.807) is 21.3 Å². The van der Waals surface area contributed by atoms with Gasteiger partial charge in [0.15, 0.2) is 11.5 Å². The van der Waals surface area contributed by atoms with Crippen molar-refractivity contribution in [2.45, 2.75) is 18.9 Å². The number of ether oxygens (including phenoxy) is 4. The molecule has 0 saturated carbocycles. The lowest BCUT2D eigenvalue weighted by Crippen LogP contribution is -2.31. The smallest absolute Gasteiger partial charge is 0.161 e. The van der Waals surface area contributed by atoms with Gasteiger partial charge in [-0.15, -0.1) is 0 Å². The van der Waals surface area contributed by atoms with Gasteiger partial charge < -0.3 is 18.9 Å². The summed E-state index contributed by atoms with van der Waals surface area (Å²) in [4.78, 5) is 0. The summed E-state index contributed by atoms with van der Waals surface area (Å²) in [5.74, 6) is 3.02. The average Bonchev–Trinajstić information content (AvgIpc) is 2.78. The van der Waals surface area contributed by atoms with Crippen LogP contribution in [0.25, 0.3) is 11.8 Å². The van der Waals surface area contributed by atoms with Crippen LogP contribution in [-0.2, 0) is 16.8 Å². The van der Waals surface area contributed by atoms with Gasteiger partial charge in [-0.2, -0.15) is 0 Å². The van der Waals surface area contributed by atoms with E-state index in [9.17, 15) is 0 Å². The van der Waals surface area contributed by atoms with Crippen LogP contribution in [0.2, 0.25) is 0 Å². The summed E-state index contributed by atoms with van der Waals surface area (Å²) in [5, 5.41) is 0. The van der Waals surface area contributed by atoms with Gasteiger partial charge in [-0.25, -0.2) is 0 Å². The Morgan fingerprint density at radius 2 is 1.47 bits per heavy atom. The predicted molar refractivity (Wildman–Crippen MR) is 119 cm³/mol. The van der Waals surface area contributed by atoms with Gasteiger partial charge in [0.05, 0.1) is 21.3 Å². The first-order chi connectivity index (χ1) is 14.6. The summed E-state index contributed by atoms with van der Waals surface area (Å²) in [7, 11) is 4.97. The molecule has 0 N–H and O–H groups in total. The summed E-state index contributed by atoms with van der Waals surface area (Å²) in [6.07, 6.45) is 2.79. The van der Waals surface area contributed by atoms with Gasteiger partial charge in [0.25, 0.3) is 0 Å². The molecule has 3 aromatic carbocycles. The highest BCUT2D eigenvalue weighted by Crippen LogP contribution is 2.45. The third-order valence-electron chi connectivity index (χ3n) is 5.51. The summed E-state index contributed by atoms with van der Waals surface area (Å²) in [5.41, 5.74) is 3.76. The first-order valence-corrected chi connectivity index (χ1v) is 9.92. The van der Waals surface area contributed by atoms with Crippen LogP contribution in [0.4, 0.5) is 0 Å². The highest BCUT2D eigenvalue weighted by Gasteiger charge is 2.36. The molecule has 1 atom stereocenters. The zero-order valence-electron chi connectivity index (χ0n) is 17.8. The fourth-order valence-electron chi connectivity index (χ4n) is 3.95. The molecule has 4 nitrogen and oxygen atoms in total. The lowest BCUT2D eigenvalue weighted by Gasteiger charge is -2.37. The van der Waals surface area contributed by atoms with Gasteiger partial charge in [-0.05, 0) is 60.5 Å². The van der Waals surface area contributed by atoms with Gasteiger partial charge in [-0.1, -0.05) is 30.3 Å². The molecule has 0 fully saturated rings. The Morgan fingerprint density at radius 1 is 0.800 bits per heavy atom. The van der Waals surface area contributed by atoms with Crippen LogP contribution in [-0.4, -0.2) is 21.3 Å². The van der Waals surface area contributed by atoms with Crippen molar-refractivity contribution in [2.75, 3.05) is 21.3 Å². The van der Waals surface area contributed by atoms with Crippen molar-refractivity contribution >= 4 is 11.8 Å². The van der Waals surface area contributed by atoms with Crippen molar-refractivity contribution in [1.82, 2.24) is 0 Å². The fraction of sp³-hybridized carbons (Fsp3) is 0.231. The third kappa shape index (κ3) is 3.73. The van der Waals surface area contributed by atoms with Gasteiger partial charge in [0.2, 0.25) is 0 Å². The lowest BCUT2D eigenvalue weighted by atomic mass is 9.83. The standard InChI is InChI=1S/C26H26O4/c1-26(17-18-8-6-5-7-9-18)22-16-25(29-4)24(28-3)15-20(22)14-23(30-26)19-10-12-21(27-2)13-11-19/h5-16H,17H2,1-4H3. The van der Waals surface area contributed by atoms with Gasteiger partial charge in [0, 0.05) is 17.5 Å². The molecule has 1 unspecified atom stereocenters. The second kappa shape index (κ2) is 8.15. The maximum atomic E-state index is 6.66. The number of hydrogen-bond donors (Lipinski definition) is 0. The first kappa shape index (κ1) is 19.9. The van der Waals surface area contributed by atoms with E-state index in [2.05, 4.69) is 37.3 Å². The minimum absolute atomic E-state index is 0.569. The molecule has 4 heteroatoms. The molecule has 0 spiro atoms. The van der Waals surface area contributed by atoms with Gasteiger partial charge in [-0.3, -0.25) is 0 Å². The number of fused-ring (bicyclic) bond motifs is 1. The quantitative estimate of drug-likeness (QED) is 0.530. The molecule has 0 aliphatic carbocycles. The Kier molecular flexibility index (Phi) is 5.40. The molecule has 0 bridgehead atoms. The Balaban J connectivity index is 1.84. The van der Waals surface area contributed by atoms with Crippen molar-refractivity contribution < 1.29 is 18.9 Å². The molecule has 154 valence electrons. The molecular weight excluding hydrogens is 376 g/mol. The molecule has 3 aromatic rings. The van der Waals surface area contributed by atoms with Crippen LogP contribution >= 0.6 is 0 Å². The van der Waals surface area contributed by atoms with E-state index < -0.39 is 5.60 Å². The van der Waals surface area contributed by atoms with Crippen LogP contribution in [0.15, 0.2) is 66.7 Å². The SMILES string of the molecule is COc1ccc(C2=Cc3cc(OC)c(OC)cc3C(C)(Cc3ccccc3)O2)cc1. The Bertz CT molecular complexity index is 1050. The molecule has 30 heavy (non-hydrogen) atoms. The van der Waals surface area contributed by atoms with Crippen LogP contribution in [0, 0.1) is 0 Å². The number of rotatable bonds is 6. The van der Waals surface area contributed by atoms with E-state index >= 15 is 0 Å². The van der Waals surface area contributed by atoms with Crippen LogP contribution in [0.3, 0.4) is 0 Å². The van der Waals surface area contributed by atoms with Gasteiger partial charge >= 0.3 is 0 Å². The number of hydrogen-bond acceptors (Lipinski definition) is 4.